The van der Waals surface area contributed by atoms with Gasteiger partial charge in [-0.2, -0.15) is 0 Å². The largest absolute Gasteiger partial charge is 0.475 e. The van der Waals surface area contributed by atoms with Crippen LogP contribution in [0.5, 0.6) is 0 Å². The summed E-state index contributed by atoms with van der Waals surface area (Å²) in [6, 6.07) is 2.79. The summed E-state index contributed by atoms with van der Waals surface area (Å²) >= 11 is 0. The lowest BCUT2D eigenvalue weighted by molar-refractivity contribution is 0.0660. The zero-order valence-corrected chi connectivity index (χ0v) is 11.7. The average Bonchev–Trinajstić information content (AvgIpc) is 3.13. The number of aliphatic hydroxyl groups excluding tert-OH is 1. The second kappa shape index (κ2) is 7.12. The van der Waals surface area contributed by atoms with Gasteiger partial charge < -0.3 is 24.8 Å². The Labute approximate surface area is 122 Å². The average molecular weight is 296 g/mol. The molecule has 2 amide bonds. The van der Waals surface area contributed by atoms with Gasteiger partial charge in [-0.3, -0.25) is 0 Å². The molecule has 116 valence electrons. The summed E-state index contributed by atoms with van der Waals surface area (Å²) in [6.07, 6.45) is 4.11. The Hall–Kier alpha value is -2.02. The van der Waals surface area contributed by atoms with Crippen LogP contribution in [0.2, 0.25) is 0 Å². The second-order valence-corrected chi connectivity index (χ2v) is 5.09. The van der Waals surface area contributed by atoms with E-state index in [0.29, 0.717) is 12.3 Å². The maximum atomic E-state index is 12.2. The zero-order chi connectivity index (χ0) is 15.2. The standard InChI is InChI=1S/C14H20N2O5/c17-8-7-16(10-3-1-2-4-10)14(20)15-9-11-5-6-12(21-11)13(18)19/h5-6,10,17H,1-4,7-9H2,(H,15,20)(H,18,19). The highest BCUT2D eigenvalue weighted by molar-refractivity contribution is 5.84. The molecule has 0 unspecified atom stereocenters. The minimum absolute atomic E-state index is 0.0756. The molecule has 1 aliphatic rings. The van der Waals surface area contributed by atoms with Gasteiger partial charge in [-0.25, -0.2) is 9.59 Å². The monoisotopic (exact) mass is 296 g/mol. The molecule has 2 rings (SSSR count). The van der Waals surface area contributed by atoms with Crippen molar-refractivity contribution in [2.45, 2.75) is 38.3 Å². The molecule has 0 aromatic carbocycles. The maximum Gasteiger partial charge on any atom is 0.371 e. The first kappa shape index (κ1) is 15.4. The molecule has 1 fully saturated rings. The minimum atomic E-state index is -1.14. The molecule has 1 heterocycles. The van der Waals surface area contributed by atoms with E-state index in [9.17, 15) is 9.59 Å². The van der Waals surface area contributed by atoms with Crippen LogP contribution in [0.25, 0.3) is 0 Å². The van der Waals surface area contributed by atoms with Gasteiger partial charge in [0, 0.05) is 12.6 Å². The lowest BCUT2D eigenvalue weighted by Crippen LogP contribution is -2.46. The molecule has 3 N–H and O–H groups in total. The van der Waals surface area contributed by atoms with E-state index in [1.54, 1.807) is 4.90 Å². The smallest absolute Gasteiger partial charge is 0.371 e. The molecule has 7 nitrogen and oxygen atoms in total. The predicted octanol–water partition coefficient (Wildman–Crippen LogP) is 1.42. The van der Waals surface area contributed by atoms with E-state index in [-0.39, 0.29) is 31.0 Å². The Morgan fingerprint density at radius 3 is 2.62 bits per heavy atom. The van der Waals surface area contributed by atoms with Gasteiger partial charge in [0.25, 0.3) is 0 Å². The van der Waals surface area contributed by atoms with E-state index in [1.165, 1.54) is 12.1 Å². The number of aliphatic hydroxyl groups is 1. The van der Waals surface area contributed by atoms with Crippen molar-refractivity contribution in [2.24, 2.45) is 0 Å². The number of carbonyl (C=O) groups is 2. The van der Waals surface area contributed by atoms with E-state index in [4.69, 9.17) is 14.6 Å². The summed E-state index contributed by atoms with van der Waals surface area (Å²) in [7, 11) is 0. The number of rotatable bonds is 6. The van der Waals surface area contributed by atoms with Crippen molar-refractivity contribution in [3.8, 4) is 0 Å². The van der Waals surface area contributed by atoms with E-state index in [2.05, 4.69) is 5.32 Å². The van der Waals surface area contributed by atoms with Crippen LogP contribution in [0.3, 0.4) is 0 Å². The Morgan fingerprint density at radius 1 is 1.33 bits per heavy atom. The van der Waals surface area contributed by atoms with Gasteiger partial charge in [0.05, 0.1) is 13.2 Å². The second-order valence-electron chi connectivity index (χ2n) is 5.09. The number of urea groups is 1. The van der Waals surface area contributed by atoms with E-state index < -0.39 is 5.97 Å². The summed E-state index contributed by atoms with van der Waals surface area (Å²) in [5.41, 5.74) is 0. The lowest BCUT2D eigenvalue weighted by Gasteiger charge is -2.28. The molecule has 7 heteroatoms. The number of nitrogens with one attached hydrogen (secondary N) is 1. The van der Waals surface area contributed by atoms with Crippen molar-refractivity contribution in [2.75, 3.05) is 13.2 Å². The van der Waals surface area contributed by atoms with Crippen LogP contribution < -0.4 is 5.32 Å². The Balaban J connectivity index is 1.90. The highest BCUT2D eigenvalue weighted by atomic mass is 16.4. The molecular weight excluding hydrogens is 276 g/mol. The maximum absolute atomic E-state index is 12.2. The van der Waals surface area contributed by atoms with Crippen LogP contribution in [-0.2, 0) is 6.54 Å². The first-order chi connectivity index (χ1) is 10.1. The number of carboxylic acids is 1. The minimum Gasteiger partial charge on any atom is -0.475 e. The fraction of sp³-hybridized carbons (Fsp3) is 0.571. The van der Waals surface area contributed by atoms with Gasteiger partial charge in [-0.1, -0.05) is 12.8 Å². The van der Waals surface area contributed by atoms with Crippen LogP contribution in [0, 0.1) is 0 Å². The first-order valence-electron chi connectivity index (χ1n) is 7.09. The molecule has 0 radical (unpaired) electrons. The van der Waals surface area contributed by atoms with Crippen molar-refractivity contribution in [1.82, 2.24) is 10.2 Å². The highest BCUT2D eigenvalue weighted by Gasteiger charge is 2.26. The topological polar surface area (TPSA) is 103 Å². The van der Waals surface area contributed by atoms with Crippen LogP contribution in [0.15, 0.2) is 16.5 Å². The van der Waals surface area contributed by atoms with E-state index in [1.807, 2.05) is 0 Å². The third-order valence-corrected chi connectivity index (χ3v) is 3.65. The van der Waals surface area contributed by atoms with Crippen LogP contribution >= 0.6 is 0 Å². The molecule has 0 saturated heterocycles. The zero-order valence-electron chi connectivity index (χ0n) is 11.7. The number of hydrogen-bond donors (Lipinski definition) is 3. The Bertz CT molecular complexity index is 493. The summed E-state index contributed by atoms with van der Waals surface area (Å²) in [6.45, 7) is 0.351. The molecule has 0 atom stereocenters. The van der Waals surface area contributed by atoms with Gasteiger partial charge in [-0.15, -0.1) is 0 Å². The Kier molecular flexibility index (Phi) is 5.21. The molecule has 21 heavy (non-hydrogen) atoms. The number of carbonyl (C=O) groups excluding carboxylic acids is 1. The number of hydrogen-bond acceptors (Lipinski definition) is 4. The van der Waals surface area contributed by atoms with E-state index >= 15 is 0 Å². The number of nitrogens with zero attached hydrogens (tertiary/aromatic N) is 1. The molecule has 0 aliphatic heterocycles. The van der Waals surface area contributed by atoms with Gasteiger partial charge in [0.2, 0.25) is 5.76 Å². The summed E-state index contributed by atoms with van der Waals surface area (Å²) in [5.74, 6) is -0.904. The van der Waals surface area contributed by atoms with Gasteiger partial charge in [0.15, 0.2) is 0 Å². The van der Waals surface area contributed by atoms with Crippen LogP contribution in [0.4, 0.5) is 4.79 Å². The van der Waals surface area contributed by atoms with Gasteiger partial charge in [-0.05, 0) is 25.0 Å². The van der Waals surface area contributed by atoms with Gasteiger partial charge >= 0.3 is 12.0 Å². The number of aromatic carboxylic acids is 1. The van der Waals surface area contributed by atoms with Crippen LogP contribution in [0.1, 0.15) is 42.0 Å². The summed E-state index contributed by atoms with van der Waals surface area (Å²) < 4.78 is 5.08. The first-order valence-corrected chi connectivity index (χ1v) is 7.09. The summed E-state index contributed by atoms with van der Waals surface area (Å²) in [5, 5.41) is 20.6. The van der Waals surface area contributed by atoms with E-state index in [0.717, 1.165) is 25.7 Å². The molecular formula is C14H20N2O5. The van der Waals surface area contributed by atoms with Crippen LogP contribution in [-0.4, -0.2) is 46.3 Å². The van der Waals surface area contributed by atoms with Crippen molar-refractivity contribution in [1.29, 1.82) is 0 Å². The number of amides is 2. The molecule has 1 aromatic heterocycles. The van der Waals surface area contributed by atoms with Gasteiger partial charge in [0.1, 0.15) is 5.76 Å². The molecule has 0 spiro atoms. The van der Waals surface area contributed by atoms with Crippen molar-refractivity contribution < 1.29 is 24.2 Å². The highest BCUT2D eigenvalue weighted by Crippen LogP contribution is 2.23. The quantitative estimate of drug-likeness (QED) is 0.736. The lowest BCUT2D eigenvalue weighted by atomic mass is 10.2. The fourth-order valence-electron chi connectivity index (χ4n) is 2.63. The SMILES string of the molecule is O=C(O)c1ccc(CNC(=O)N(CCO)C2CCCC2)o1. The molecule has 1 saturated carbocycles. The number of carboxylic acid groups (broad SMARTS) is 1. The van der Waals surface area contributed by atoms with Crippen molar-refractivity contribution in [3.05, 3.63) is 23.7 Å². The predicted molar refractivity (Wildman–Crippen MR) is 74.0 cm³/mol. The summed E-state index contributed by atoms with van der Waals surface area (Å²) in [4.78, 5) is 24.5. The van der Waals surface area contributed by atoms with Crippen molar-refractivity contribution >= 4 is 12.0 Å². The normalized spacial score (nSPS) is 15.1. The molecule has 0 bridgehead atoms. The van der Waals surface area contributed by atoms with Crippen molar-refractivity contribution in [3.63, 3.8) is 0 Å². The fourth-order valence-corrected chi connectivity index (χ4v) is 2.63. The molecule has 1 aromatic rings. The number of furan rings is 1. The molecule has 1 aliphatic carbocycles. The third kappa shape index (κ3) is 3.98. The Morgan fingerprint density at radius 2 is 2.05 bits per heavy atom. The third-order valence-electron chi connectivity index (χ3n) is 3.65.